The number of benzene rings is 2. The molecule has 0 saturated heterocycles. The number of aliphatic imine (C=N–C) groups is 1. The molecule has 0 aliphatic heterocycles. The van der Waals surface area contributed by atoms with Crippen LogP contribution < -0.4 is 0 Å². The maximum atomic E-state index is 15.1. The Bertz CT molecular complexity index is 989. The maximum Gasteiger partial charge on any atom is 0.410 e. The van der Waals surface area contributed by atoms with Gasteiger partial charge in [0, 0.05) is 38.3 Å². The van der Waals surface area contributed by atoms with E-state index in [4.69, 9.17) is 4.74 Å². The van der Waals surface area contributed by atoms with Crippen LogP contribution in [0.3, 0.4) is 0 Å². The van der Waals surface area contributed by atoms with Crippen LogP contribution in [0.2, 0.25) is 0 Å². The first-order valence-corrected chi connectivity index (χ1v) is 11.8. The predicted molar refractivity (Wildman–Crippen MR) is 134 cm³/mol. The van der Waals surface area contributed by atoms with Gasteiger partial charge in [-0.15, -0.1) is 0 Å². The van der Waals surface area contributed by atoms with E-state index >= 15 is 4.39 Å². The molecule has 0 atom stereocenters. The van der Waals surface area contributed by atoms with Gasteiger partial charge in [0.05, 0.1) is 12.9 Å². The Labute approximate surface area is 202 Å². The standard InChI is InChI=1S/C27H36FN3O3/c1-6-7-15-34-27(33)31(14-13-20(2)3)18-21-11-12-24(25(28)16-21)22-9-8-10-23(17-22)26(32)29-19-30(4)5/h8-12,16-17,19-20H,6-7,13-15,18H2,1-5H3. The number of hydrogen-bond donors (Lipinski definition) is 0. The predicted octanol–water partition coefficient (Wildman–Crippen LogP) is 6.01. The number of carbonyl (C=O) groups excluding carboxylic acids is 2. The first-order valence-electron chi connectivity index (χ1n) is 11.8. The Hall–Kier alpha value is -3.22. The summed E-state index contributed by atoms with van der Waals surface area (Å²) >= 11 is 0. The number of rotatable bonds is 11. The van der Waals surface area contributed by atoms with Gasteiger partial charge in [0.15, 0.2) is 0 Å². The minimum Gasteiger partial charge on any atom is -0.449 e. The summed E-state index contributed by atoms with van der Waals surface area (Å²) in [5.41, 5.74) is 2.04. The van der Waals surface area contributed by atoms with Gasteiger partial charge < -0.3 is 14.5 Å². The minimum absolute atomic E-state index is 0.270. The molecule has 2 aromatic carbocycles. The summed E-state index contributed by atoms with van der Waals surface area (Å²) in [6.07, 6.45) is 3.65. The molecule has 0 fully saturated rings. The van der Waals surface area contributed by atoms with Gasteiger partial charge in [-0.3, -0.25) is 4.79 Å². The van der Waals surface area contributed by atoms with Crippen LogP contribution in [0, 0.1) is 11.7 Å². The van der Waals surface area contributed by atoms with E-state index in [9.17, 15) is 9.59 Å². The minimum atomic E-state index is -0.415. The molecule has 2 rings (SSSR count). The van der Waals surface area contributed by atoms with Crippen molar-refractivity contribution in [2.24, 2.45) is 10.9 Å². The van der Waals surface area contributed by atoms with Gasteiger partial charge in [-0.2, -0.15) is 4.99 Å². The van der Waals surface area contributed by atoms with Gasteiger partial charge in [0.1, 0.15) is 5.82 Å². The average molecular weight is 470 g/mol. The molecule has 184 valence electrons. The number of hydrogen-bond acceptors (Lipinski definition) is 3. The van der Waals surface area contributed by atoms with E-state index in [1.165, 1.54) is 12.4 Å². The highest BCUT2D eigenvalue weighted by Crippen LogP contribution is 2.25. The van der Waals surface area contributed by atoms with E-state index in [0.717, 1.165) is 19.3 Å². The molecule has 0 heterocycles. The first-order chi connectivity index (χ1) is 16.2. The van der Waals surface area contributed by atoms with Crippen molar-refractivity contribution in [1.82, 2.24) is 9.80 Å². The molecule has 0 radical (unpaired) electrons. The van der Waals surface area contributed by atoms with Crippen LogP contribution in [0.15, 0.2) is 47.5 Å². The topological polar surface area (TPSA) is 62.2 Å². The van der Waals surface area contributed by atoms with E-state index in [0.29, 0.717) is 41.3 Å². The summed E-state index contributed by atoms with van der Waals surface area (Å²) in [4.78, 5) is 32.1. The third-order valence-corrected chi connectivity index (χ3v) is 5.19. The van der Waals surface area contributed by atoms with Crippen LogP contribution in [-0.2, 0) is 11.3 Å². The summed E-state index contributed by atoms with van der Waals surface area (Å²) < 4.78 is 20.5. The molecule has 7 heteroatoms. The molecular formula is C27H36FN3O3. The van der Waals surface area contributed by atoms with Gasteiger partial charge in [-0.05, 0) is 48.1 Å². The van der Waals surface area contributed by atoms with Crippen LogP contribution in [0.4, 0.5) is 9.18 Å². The van der Waals surface area contributed by atoms with Gasteiger partial charge in [-0.25, -0.2) is 9.18 Å². The number of nitrogens with zero attached hydrogens (tertiary/aromatic N) is 3. The summed E-state index contributed by atoms with van der Waals surface area (Å²) in [5, 5.41) is 0. The molecular weight excluding hydrogens is 433 g/mol. The molecule has 0 aromatic heterocycles. The summed E-state index contributed by atoms with van der Waals surface area (Å²) in [6, 6.07) is 11.7. The number of halogens is 1. The fraction of sp³-hybridized carbons (Fsp3) is 0.444. The van der Waals surface area contributed by atoms with Crippen molar-refractivity contribution in [2.45, 2.75) is 46.6 Å². The van der Waals surface area contributed by atoms with Crippen molar-refractivity contribution in [3.63, 3.8) is 0 Å². The van der Waals surface area contributed by atoms with Crippen molar-refractivity contribution in [1.29, 1.82) is 0 Å². The number of carbonyl (C=O) groups is 2. The van der Waals surface area contributed by atoms with E-state index < -0.39 is 11.7 Å². The second-order valence-corrected chi connectivity index (χ2v) is 8.98. The molecule has 2 amide bonds. The molecule has 0 bridgehead atoms. The fourth-order valence-electron chi connectivity index (χ4n) is 3.22. The van der Waals surface area contributed by atoms with Crippen LogP contribution in [0.1, 0.15) is 56.0 Å². The fourth-order valence-corrected chi connectivity index (χ4v) is 3.22. The van der Waals surface area contributed by atoms with Crippen LogP contribution >= 0.6 is 0 Å². The Morgan fingerprint density at radius 3 is 2.56 bits per heavy atom. The molecule has 2 aromatic rings. The lowest BCUT2D eigenvalue weighted by atomic mass is 10.0. The molecule has 0 aliphatic rings. The van der Waals surface area contributed by atoms with E-state index in [1.807, 2.05) is 6.92 Å². The summed E-state index contributed by atoms with van der Waals surface area (Å²) in [6.45, 7) is 7.43. The zero-order valence-electron chi connectivity index (χ0n) is 20.9. The Morgan fingerprint density at radius 2 is 1.91 bits per heavy atom. The molecule has 6 nitrogen and oxygen atoms in total. The SMILES string of the molecule is CCCCOC(=O)N(CCC(C)C)Cc1ccc(-c2cccc(C(=O)N=CN(C)C)c2)c(F)c1. The monoisotopic (exact) mass is 469 g/mol. The van der Waals surface area contributed by atoms with Gasteiger partial charge >= 0.3 is 6.09 Å². The first kappa shape index (κ1) is 27.0. The van der Waals surface area contributed by atoms with Crippen molar-refractivity contribution in [2.75, 3.05) is 27.2 Å². The lowest BCUT2D eigenvalue weighted by Gasteiger charge is -2.23. The number of ether oxygens (including phenoxy) is 1. The van der Waals surface area contributed by atoms with Crippen LogP contribution in [-0.4, -0.2) is 55.4 Å². The zero-order chi connectivity index (χ0) is 25.1. The van der Waals surface area contributed by atoms with Gasteiger partial charge in [0.2, 0.25) is 0 Å². The highest BCUT2D eigenvalue weighted by molar-refractivity contribution is 5.99. The Balaban J connectivity index is 2.20. The molecule has 34 heavy (non-hydrogen) atoms. The Morgan fingerprint density at radius 1 is 1.15 bits per heavy atom. The Kier molecular flexibility index (Phi) is 10.7. The molecule has 0 unspecified atom stereocenters. The quantitative estimate of drug-likeness (QED) is 0.230. The molecule has 0 N–H and O–H groups in total. The van der Waals surface area contributed by atoms with E-state index in [1.54, 1.807) is 60.3 Å². The number of unbranched alkanes of at least 4 members (excludes halogenated alkanes) is 1. The van der Waals surface area contributed by atoms with Crippen molar-refractivity contribution in [3.05, 3.63) is 59.4 Å². The lowest BCUT2D eigenvalue weighted by Crippen LogP contribution is -2.33. The third-order valence-electron chi connectivity index (χ3n) is 5.19. The van der Waals surface area contributed by atoms with Gasteiger partial charge in [-0.1, -0.05) is 51.5 Å². The lowest BCUT2D eigenvalue weighted by molar-refractivity contribution is 0.0965. The normalized spacial score (nSPS) is 11.1. The highest BCUT2D eigenvalue weighted by Gasteiger charge is 2.17. The smallest absolute Gasteiger partial charge is 0.410 e. The van der Waals surface area contributed by atoms with Crippen LogP contribution in [0.25, 0.3) is 11.1 Å². The van der Waals surface area contributed by atoms with Crippen molar-refractivity contribution >= 4 is 18.3 Å². The maximum absolute atomic E-state index is 15.1. The third kappa shape index (κ3) is 8.61. The highest BCUT2D eigenvalue weighted by atomic mass is 19.1. The largest absolute Gasteiger partial charge is 0.449 e. The summed E-state index contributed by atoms with van der Waals surface area (Å²) in [5.74, 6) is -0.376. The molecule has 0 spiro atoms. The summed E-state index contributed by atoms with van der Waals surface area (Å²) in [7, 11) is 3.55. The van der Waals surface area contributed by atoms with E-state index in [-0.39, 0.29) is 12.6 Å². The number of amides is 2. The van der Waals surface area contributed by atoms with Crippen LogP contribution in [0.5, 0.6) is 0 Å². The molecule has 0 saturated carbocycles. The second kappa shape index (κ2) is 13.5. The van der Waals surface area contributed by atoms with E-state index in [2.05, 4.69) is 18.8 Å². The average Bonchev–Trinajstić information content (AvgIpc) is 2.80. The zero-order valence-corrected chi connectivity index (χ0v) is 20.9. The molecule has 0 aliphatic carbocycles. The van der Waals surface area contributed by atoms with Crippen molar-refractivity contribution < 1.29 is 18.7 Å². The van der Waals surface area contributed by atoms with Gasteiger partial charge in [0.25, 0.3) is 5.91 Å². The second-order valence-electron chi connectivity index (χ2n) is 8.98. The van der Waals surface area contributed by atoms with Crippen molar-refractivity contribution in [3.8, 4) is 11.1 Å².